The van der Waals surface area contributed by atoms with Crippen LogP contribution in [-0.4, -0.2) is 16.6 Å². The molecule has 13 heavy (non-hydrogen) atoms. The first-order valence-corrected chi connectivity index (χ1v) is 3.64. The third kappa shape index (κ3) is 1.44. The number of fused-ring (bicyclic) bond motifs is 1. The maximum Gasteiger partial charge on any atom is 0.387 e. The van der Waals surface area contributed by atoms with E-state index in [2.05, 4.69) is 14.7 Å². The highest BCUT2D eigenvalue weighted by Gasteiger charge is 2.09. The molecular formula is C8H6F2N2O. The predicted octanol–water partition coefficient (Wildman–Crippen LogP) is 2.16. The van der Waals surface area contributed by atoms with E-state index in [0.717, 1.165) is 0 Å². The second-order valence-electron chi connectivity index (χ2n) is 2.43. The van der Waals surface area contributed by atoms with Crippen molar-refractivity contribution >= 4 is 11.0 Å². The zero-order chi connectivity index (χ0) is 9.26. The number of pyridine rings is 1. The average Bonchev–Trinajstić information content (AvgIpc) is 2.48. The smallest absolute Gasteiger partial charge is 0.387 e. The zero-order valence-electron chi connectivity index (χ0n) is 6.50. The minimum atomic E-state index is -2.82. The highest BCUT2D eigenvalue weighted by Crippen LogP contribution is 2.23. The molecule has 2 rings (SSSR count). The van der Waals surface area contributed by atoms with E-state index in [-0.39, 0.29) is 5.75 Å². The number of ether oxygens (including phenoxy) is 1. The van der Waals surface area contributed by atoms with Crippen LogP contribution in [-0.2, 0) is 0 Å². The molecular weight excluding hydrogens is 178 g/mol. The van der Waals surface area contributed by atoms with Gasteiger partial charge in [-0.05, 0) is 12.1 Å². The number of nitrogens with zero attached hydrogens (tertiary/aromatic N) is 1. The minimum Gasteiger partial charge on any atom is -0.431 e. The average molecular weight is 184 g/mol. The van der Waals surface area contributed by atoms with Crippen LogP contribution in [0.15, 0.2) is 24.5 Å². The molecule has 0 atom stereocenters. The van der Waals surface area contributed by atoms with Crippen molar-refractivity contribution < 1.29 is 13.5 Å². The lowest BCUT2D eigenvalue weighted by atomic mass is 10.4. The van der Waals surface area contributed by atoms with Gasteiger partial charge in [0.1, 0.15) is 5.52 Å². The summed E-state index contributed by atoms with van der Waals surface area (Å²) >= 11 is 0. The Kier molecular flexibility index (Phi) is 1.84. The summed E-state index contributed by atoms with van der Waals surface area (Å²) in [4.78, 5) is 6.68. The van der Waals surface area contributed by atoms with Crippen molar-refractivity contribution in [3.8, 4) is 5.75 Å². The Morgan fingerprint density at radius 2 is 2.31 bits per heavy atom. The van der Waals surface area contributed by atoms with Gasteiger partial charge in [0.25, 0.3) is 0 Å². The number of nitrogens with one attached hydrogen (secondary N) is 1. The highest BCUT2D eigenvalue weighted by atomic mass is 19.3. The Morgan fingerprint density at radius 1 is 1.46 bits per heavy atom. The molecule has 0 aliphatic heterocycles. The number of rotatable bonds is 2. The lowest BCUT2D eigenvalue weighted by Crippen LogP contribution is -2.01. The molecule has 5 heteroatoms. The van der Waals surface area contributed by atoms with Gasteiger partial charge in [0, 0.05) is 12.4 Å². The first-order valence-electron chi connectivity index (χ1n) is 3.64. The van der Waals surface area contributed by atoms with Crippen molar-refractivity contribution in [2.45, 2.75) is 6.61 Å². The Bertz CT molecular complexity index is 413. The van der Waals surface area contributed by atoms with Crippen molar-refractivity contribution in [3.63, 3.8) is 0 Å². The summed E-state index contributed by atoms with van der Waals surface area (Å²) in [5, 5.41) is 0. The Hall–Kier alpha value is -1.65. The fraction of sp³-hybridized carbons (Fsp3) is 0.125. The summed E-state index contributed by atoms with van der Waals surface area (Å²) < 4.78 is 28.0. The van der Waals surface area contributed by atoms with E-state index in [4.69, 9.17) is 0 Å². The van der Waals surface area contributed by atoms with E-state index < -0.39 is 6.61 Å². The van der Waals surface area contributed by atoms with Gasteiger partial charge in [0.2, 0.25) is 0 Å². The molecule has 3 nitrogen and oxygen atoms in total. The molecule has 2 aromatic heterocycles. The summed E-state index contributed by atoms with van der Waals surface area (Å²) in [5.41, 5.74) is 1.10. The molecule has 2 heterocycles. The molecule has 0 aliphatic carbocycles. The van der Waals surface area contributed by atoms with E-state index >= 15 is 0 Å². The first-order chi connectivity index (χ1) is 6.27. The first kappa shape index (κ1) is 7.97. The molecule has 0 unspecified atom stereocenters. The molecule has 0 saturated heterocycles. The molecule has 0 fully saturated rings. The predicted molar refractivity (Wildman–Crippen MR) is 42.7 cm³/mol. The summed E-state index contributed by atoms with van der Waals surface area (Å²) in [6.07, 6.45) is 2.89. The summed E-state index contributed by atoms with van der Waals surface area (Å²) in [7, 11) is 0. The highest BCUT2D eigenvalue weighted by molar-refractivity contribution is 5.81. The Labute approximate surface area is 72.4 Å². The third-order valence-corrected chi connectivity index (χ3v) is 1.62. The standard InChI is InChI=1S/C8H6F2N2O/c9-8(10)13-6-4-12-5-2-1-3-11-7(5)6/h1-4,8,12H. The van der Waals surface area contributed by atoms with Crippen LogP contribution in [0, 0.1) is 0 Å². The van der Waals surface area contributed by atoms with E-state index in [0.29, 0.717) is 11.0 Å². The third-order valence-electron chi connectivity index (χ3n) is 1.62. The van der Waals surface area contributed by atoms with Crippen LogP contribution in [0.1, 0.15) is 0 Å². The normalized spacial score (nSPS) is 11.0. The van der Waals surface area contributed by atoms with Crippen LogP contribution in [0.4, 0.5) is 8.78 Å². The van der Waals surface area contributed by atoms with E-state index in [1.165, 1.54) is 12.4 Å². The van der Waals surface area contributed by atoms with Crippen LogP contribution < -0.4 is 4.74 Å². The summed E-state index contributed by atoms with van der Waals surface area (Å²) in [6.45, 7) is -2.82. The van der Waals surface area contributed by atoms with Crippen molar-refractivity contribution in [2.75, 3.05) is 0 Å². The van der Waals surface area contributed by atoms with Gasteiger partial charge in [0.05, 0.1) is 5.52 Å². The van der Waals surface area contributed by atoms with Gasteiger partial charge in [-0.15, -0.1) is 0 Å². The van der Waals surface area contributed by atoms with Gasteiger partial charge >= 0.3 is 6.61 Å². The number of H-pyrrole nitrogens is 1. The number of hydrogen-bond acceptors (Lipinski definition) is 2. The van der Waals surface area contributed by atoms with Crippen molar-refractivity contribution in [1.82, 2.24) is 9.97 Å². The second-order valence-corrected chi connectivity index (χ2v) is 2.43. The van der Waals surface area contributed by atoms with Crippen LogP contribution >= 0.6 is 0 Å². The van der Waals surface area contributed by atoms with Gasteiger partial charge in [-0.1, -0.05) is 0 Å². The quantitative estimate of drug-likeness (QED) is 0.776. The van der Waals surface area contributed by atoms with E-state index in [9.17, 15) is 8.78 Å². The largest absolute Gasteiger partial charge is 0.431 e. The molecule has 68 valence electrons. The Morgan fingerprint density at radius 3 is 3.08 bits per heavy atom. The molecule has 0 aromatic carbocycles. The molecule has 0 amide bonds. The number of halogens is 2. The monoisotopic (exact) mass is 184 g/mol. The van der Waals surface area contributed by atoms with Gasteiger partial charge < -0.3 is 9.72 Å². The van der Waals surface area contributed by atoms with Crippen LogP contribution in [0.3, 0.4) is 0 Å². The second kappa shape index (κ2) is 3.01. The lowest BCUT2D eigenvalue weighted by Gasteiger charge is -2.00. The zero-order valence-corrected chi connectivity index (χ0v) is 6.50. The van der Waals surface area contributed by atoms with Gasteiger partial charge in [-0.3, -0.25) is 4.98 Å². The van der Waals surface area contributed by atoms with Gasteiger partial charge in [-0.25, -0.2) is 0 Å². The van der Waals surface area contributed by atoms with Gasteiger partial charge in [0.15, 0.2) is 5.75 Å². The minimum absolute atomic E-state index is 0.0746. The van der Waals surface area contributed by atoms with Crippen LogP contribution in [0.25, 0.3) is 11.0 Å². The SMILES string of the molecule is FC(F)Oc1c[nH]c2cccnc12. The molecule has 0 spiro atoms. The number of hydrogen-bond donors (Lipinski definition) is 1. The summed E-state index contributed by atoms with van der Waals surface area (Å²) in [6, 6.07) is 3.45. The summed E-state index contributed by atoms with van der Waals surface area (Å²) in [5.74, 6) is 0.0746. The molecule has 1 N–H and O–H groups in total. The molecule has 0 aliphatic rings. The van der Waals surface area contributed by atoms with Crippen molar-refractivity contribution in [2.24, 2.45) is 0 Å². The van der Waals surface area contributed by atoms with Crippen LogP contribution in [0.2, 0.25) is 0 Å². The molecule has 0 bridgehead atoms. The maximum absolute atomic E-state index is 11.9. The molecule has 0 saturated carbocycles. The van der Waals surface area contributed by atoms with Crippen LogP contribution in [0.5, 0.6) is 5.75 Å². The Balaban J connectivity index is 2.46. The number of alkyl halides is 2. The fourth-order valence-electron chi connectivity index (χ4n) is 1.12. The van der Waals surface area contributed by atoms with Gasteiger partial charge in [-0.2, -0.15) is 8.78 Å². The maximum atomic E-state index is 11.9. The number of aromatic amines is 1. The van der Waals surface area contributed by atoms with Crippen molar-refractivity contribution in [3.05, 3.63) is 24.5 Å². The fourth-order valence-corrected chi connectivity index (χ4v) is 1.12. The van der Waals surface area contributed by atoms with Crippen molar-refractivity contribution in [1.29, 1.82) is 0 Å². The van der Waals surface area contributed by atoms with E-state index in [1.807, 2.05) is 0 Å². The molecule has 0 radical (unpaired) electrons. The number of aromatic nitrogens is 2. The lowest BCUT2D eigenvalue weighted by molar-refractivity contribution is -0.0489. The topological polar surface area (TPSA) is 37.9 Å². The molecule has 2 aromatic rings. The van der Waals surface area contributed by atoms with E-state index in [1.54, 1.807) is 12.1 Å².